The van der Waals surface area contributed by atoms with Crippen molar-refractivity contribution in [2.24, 2.45) is 0 Å². The van der Waals surface area contributed by atoms with Crippen molar-refractivity contribution in [3.05, 3.63) is 66.3 Å². The summed E-state index contributed by atoms with van der Waals surface area (Å²) in [4.78, 5) is 13.2. The number of para-hydroxylation sites is 1. The Balaban J connectivity index is 1.34. The van der Waals surface area contributed by atoms with Crippen LogP contribution in [0.25, 0.3) is 22.3 Å². The van der Waals surface area contributed by atoms with Gasteiger partial charge in [-0.25, -0.2) is 4.98 Å². The highest BCUT2D eigenvalue weighted by molar-refractivity contribution is 7.99. The number of fused-ring (bicyclic) bond motifs is 1. The molecule has 3 aromatic heterocycles. The van der Waals surface area contributed by atoms with Gasteiger partial charge in [0.25, 0.3) is 0 Å². The number of aryl methyl sites for hydroxylation is 2. The first-order valence-electron chi connectivity index (χ1n) is 8.52. The highest BCUT2D eigenvalue weighted by atomic mass is 32.2. The third-order valence-electron chi connectivity index (χ3n) is 4.09. The minimum atomic E-state index is 0.613. The molecule has 0 unspecified atom stereocenters. The Hall–Kier alpha value is -2.73. The van der Waals surface area contributed by atoms with Gasteiger partial charge in [0.2, 0.25) is 11.7 Å². The average molecular weight is 362 g/mol. The van der Waals surface area contributed by atoms with Crippen LogP contribution in [0.2, 0.25) is 0 Å². The zero-order chi connectivity index (χ0) is 17.8. The van der Waals surface area contributed by atoms with Crippen LogP contribution in [-0.4, -0.2) is 25.9 Å². The molecule has 0 fully saturated rings. The number of aromatic nitrogens is 4. The van der Waals surface area contributed by atoms with E-state index in [0.29, 0.717) is 11.7 Å². The zero-order valence-electron chi connectivity index (χ0n) is 14.4. The number of pyridine rings is 2. The first-order chi connectivity index (χ1) is 12.8. The average Bonchev–Trinajstić information content (AvgIpc) is 3.15. The van der Waals surface area contributed by atoms with Gasteiger partial charge in [-0.15, -0.1) is 11.8 Å². The zero-order valence-corrected chi connectivity index (χ0v) is 15.2. The Labute approximate surface area is 155 Å². The molecule has 130 valence electrons. The fraction of sp³-hybridized carbons (Fsp3) is 0.200. The molecule has 4 rings (SSSR count). The largest absolute Gasteiger partial charge is 0.339 e. The maximum atomic E-state index is 5.34. The van der Waals surface area contributed by atoms with Gasteiger partial charge in [0.15, 0.2) is 0 Å². The van der Waals surface area contributed by atoms with Crippen LogP contribution >= 0.6 is 11.8 Å². The SMILES string of the molecule is Cc1cc(SCCCc2nc(-c3ccncc3)no2)nc2ccccc12. The molecule has 0 amide bonds. The molecule has 0 saturated heterocycles. The predicted octanol–water partition coefficient (Wildman–Crippen LogP) is 4.71. The van der Waals surface area contributed by atoms with Crippen LogP contribution in [0.15, 0.2) is 64.4 Å². The summed E-state index contributed by atoms with van der Waals surface area (Å²) in [6.07, 6.45) is 5.16. The van der Waals surface area contributed by atoms with Crippen LogP contribution in [0.1, 0.15) is 17.9 Å². The highest BCUT2D eigenvalue weighted by Gasteiger charge is 2.08. The smallest absolute Gasteiger partial charge is 0.226 e. The van der Waals surface area contributed by atoms with Crippen LogP contribution in [0, 0.1) is 6.92 Å². The van der Waals surface area contributed by atoms with Crippen LogP contribution in [0.4, 0.5) is 0 Å². The van der Waals surface area contributed by atoms with Gasteiger partial charge in [-0.2, -0.15) is 4.98 Å². The van der Waals surface area contributed by atoms with Crippen molar-refractivity contribution < 1.29 is 4.52 Å². The second kappa shape index (κ2) is 7.66. The summed E-state index contributed by atoms with van der Waals surface area (Å²) in [7, 11) is 0. The molecule has 6 heteroatoms. The summed E-state index contributed by atoms with van der Waals surface area (Å²) in [6, 6.07) is 14.2. The lowest BCUT2D eigenvalue weighted by Crippen LogP contribution is -1.91. The maximum Gasteiger partial charge on any atom is 0.226 e. The Morgan fingerprint density at radius 1 is 1.04 bits per heavy atom. The maximum absolute atomic E-state index is 5.34. The second-order valence-corrected chi connectivity index (χ2v) is 7.11. The van der Waals surface area contributed by atoms with E-state index in [-0.39, 0.29) is 0 Å². The Bertz CT molecular complexity index is 1020. The standard InChI is InChI=1S/C20H18N4OS/c1-14-13-19(22-17-6-3-2-5-16(14)17)26-12-4-7-18-23-20(24-25-18)15-8-10-21-11-9-15/h2-3,5-6,8-11,13H,4,7,12H2,1H3. The fourth-order valence-corrected chi connectivity index (χ4v) is 3.69. The van der Waals surface area contributed by atoms with E-state index in [1.165, 1.54) is 10.9 Å². The van der Waals surface area contributed by atoms with E-state index >= 15 is 0 Å². The molecule has 0 aliphatic carbocycles. The van der Waals surface area contributed by atoms with Crippen molar-refractivity contribution in [2.75, 3.05) is 5.75 Å². The molecule has 0 radical (unpaired) electrons. The number of hydrogen-bond acceptors (Lipinski definition) is 6. The summed E-state index contributed by atoms with van der Waals surface area (Å²) >= 11 is 1.76. The van der Waals surface area contributed by atoms with Crippen molar-refractivity contribution in [2.45, 2.75) is 24.8 Å². The Kier molecular flexibility index (Phi) is 4.93. The number of hydrogen-bond donors (Lipinski definition) is 0. The quantitative estimate of drug-likeness (QED) is 0.365. The van der Waals surface area contributed by atoms with Crippen LogP contribution in [0.5, 0.6) is 0 Å². The Morgan fingerprint density at radius 2 is 1.88 bits per heavy atom. The molecule has 0 spiro atoms. The van der Waals surface area contributed by atoms with E-state index < -0.39 is 0 Å². The first kappa shape index (κ1) is 16.7. The lowest BCUT2D eigenvalue weighted by Gasteiger charge is -2.05. The molecule has 0 atom stereocenters. The second-order valence-electron chi connectivity index (χ2n) is 5.99. The van der Waals surface area contributed by atoms with Gasteiger partial charge in [0, 0.05) is 29.8 Å². The van der Waals surface area contributed by atoms with Crippen molar-refractivity contribution in [3.63, 3.8) is 0 Å². The molecule has 0 aliphatic rings. The lowest BCUT2D eigenvalue weighted by molar-refractivity contribution is 0.378. The van der Waals surface area contributed by atoms with E-state index in [4.69, 9.17) is 9.51 Å². The molecule has 4 aromatic rings. The van der Waals surface area contributed by atoms with Crippen molar-refractivity contribution in [1.29, 1.82) is 0 Å². The summed E-state index contributed by atoms with van der Waals surface area (Å²) < 4.78 is 5.34. The molecule has 0 aliphatic heterocycles. The Morgan fingerprint density at radius 3 is 2.77 bits per heavy atom. The minimum Gasteiger partial charge on any atom is -0.339 e. The molecule has 3 heterocycles. The number of rotatable bonds is 6. The first-order valence-corrected chi connectivity index (χ1v) is 9.50. The van der Waals surface area contributed by atoms with Crippen molar-refractivity contribution >= 4 is 22.7 Å². The summed E-state index contributed by atoms with van der Waals surface area (Å²) in [5.41, 5.74) is 3.23. The molecule has 0 N–H and O–H groups in total. The summed E-state index contributed by atoms with van der Waals surface area (Å²) in [5.74, 6) is 2.24. The van der Waals surface area contributed by atoms with Gasteiger partial charge in [0.1, 0.15) is 0 Å². The van der Waals surface area contributed by atoms with Gasteiger partial charge in [-0.05, 0) is 48.9 Å². The van der Waals surface area contributed by atoms with Gasteiger partial charge >= 0.3 is 0 Å². The number of thioether (sulfide) groups is 1. The van der Waals surface area contributed by atoms with Crippen LogP contribution in [0.3, 0.4) is 0 Å². The van der Waals surface area contributed by atoms with E-state index in [2.05, 4.69) is 46.3 Å². The van der Waals surface area contributed by atoms with E-state index in [1.807, 2.05) is 18.2 Å². The molecular weight excluding hydrogens is 344 g/mol. The fourth-order valence-electron chi connectivity index (χ4n) is 2.77. The van der Waals surface area contributed by atoms with Gasteiger partial charge in [-0.3, -0.25) is 4.98 Å². The minimum absolute atomic E-state index is 0.613. The summed E-state index contributed by atoms with van der Waals surface area (Å²) in [5, 5.41) is 6.31. The molecule has 1 aromatic carbocycles. The van der Waals surface area contributed by atoms with Gasteiger partial charge in [0.05, 0.1) is 10.5 Å². The van der Waals surface area contributed by atoms with Crippen molar-refractivity contribution in [3.8, 4) is 11.4 Å². The number of nitrogens with zero attached hydrogens (tertiary/aromatic N) is 4. The van der Waals surface area contributed by atoms with Crippen LogP contribution < -0.4 is 0 Å². The molecule has 0 bridgehead atoms. The molecular formula is C20H18N4OS. The topological polar surface area (TPSA) is 64.7 Å². The van der Waals surface area contributed by atoms with Crippen LogP contribution in [-0.2, 0) is 6.42 Å². The third-order valence-corrected chi connectivity index (χ3v) is 5.09. The normalized spacial score (nSPS) is 11.1. The summed E-state index contributed by atoms with van der Waals surface area (Å²) in [6.45, 7) is 2.13. The van der Waals surface area contributed by atoms with E-state index in [9.17, 15) is 0 Å². The lowest BCUT2D eigenvalue weighted by atomic mass is 10.1. The molecule has 0 saturated carbocycles. The molecule has 26 heavy (non-hydrogen) atoms. The molecule has 5 nitrogen and oxygen atoms in total. The van der Waals surface area contributed by atoms with Crippen molar-refractivity contribution in [1.82, 2.24) is 20.1 Å². The van der Waals surface area contributed by atoms with Gasteiger partial charge in [-0.1, -0.05) is 23.4 Å². The third kappa shape index (κ3) is 3.75. The van der Waals surface area contributed by atoms with E-state index in [0.717, 1.165) is 34.7 Å². The number of benzene rings is 1. The monoisotopic (exact) mass is 362 g/mol. The van der Waals surface area contributed by atoms with Gasteiger partial charge < -0.3 is 4.52 Å². The van der Waals surface area contributed by atoms with E-state index in [1.54, 1.807) is 24.2 Å². The predicted molar refractivity (Wildman–Crippen MR) is 103 cm³/mol. The highest BCUT2D eigenvalue weighted by Crippen LogP contribution is 2.24.